The van der Waals surface area contributed by atoms with Crippen LogP contribution in [0.2, 0.25) is 0 Å². The molecule has 2 N–H and O–H groups in total. The standard InChI is InChI=1S/C3HF3N2O2/c4-3(5,6)1(8-7)2(9)10/h7H/p+1. The fourth-order valence-corrected chi connectivity index (χ4v) is 0.232. The lowest BCUT2D eigenvalue weighted by Crippen LogP contribution is -2.31. The molecule has 0 radical (unpaired) electrons. The Morgan fingerprint density at radius 2 is 1.90 bits per heavy atom. The molecule has 0 unspecified atom stereocenters. The molecule has 0 saturated heterocycles. The van der Waals surface area contributed by atoms with Gasteiger partial charge in [-0.1, -0.05) is 0 Å². The lowest BCUT2D eigenvalue weighted by atomic mass is 10.4. The zero-order chi connectivity index (χ0) is 8.36. The van der Waals surface area contributed by atoms with Gasteiger partial charge in [-0.2, -0.15) is 13.2 Å². The number of hydrogen-bond acceptors (Lipinski definition) is 2. The van der Waals surface area contributed by atoms with Crippen molar-refractivity contribution in [1.82, 2.24) is 0 Å². The van der Waals surface area contributed by atoms with Crippen LogP contribution in [0.5, 0.6) is 0 Å². The number of alkyl halides is 3. The van der Waals surface area contributed by atoms with Gasteiger partial charge < -0.3 is 5.11 Å². The third kappa shape index (κ3) is 1.87. The van der Waals surface area contributed by atoms with Gasteiger partial charge in [0.05, 0.1) is 10.3 Å². The third-order valence-electron chi connectivity index (χ3n) is 0.583. The first-order chi connectivity index (χ1) is 4.39. The summed E-state index contributed by atoms with van der Waals surface area (Å²) >= 11 is 0. The van der Waals surface area contributed by atoms with Gasteiger partial charge in [0.15, 0.2) is 0 Å². The molecule has 0 heterocycles. The number of nitrogens with one attached hydrogen (secondary N) is 1. The molecular formula is C3H2F3N2O2+. The van der Waals surface area contributed by atoms with Crippen LogP contribution in [0.15, 0.2) is 0 Å². The molecule has 0 saturated carbocycles. The van der Waals surface area contributed by atoms with Crippen molar-refractivity contribution in [3.05, 3.63) is 0 Å². The van der Waals surface area contributed by atoms with Crippen LogP contribution in [0, 0.1) is 5.53 Å². The van der Waals surface area contributed by atoms with Crippen molar-refractivity contribution in [3.63, 3.8) is 0 Å². The van der Waals surface area contributed by atoms with Crippen molar-refractivity contribution in [1.29, 1.82) is 5.53 Å². The quantitative estimate of drug-likeness (QED) is 0.325. The first kappa shape index (κ1) is 8.64. The number of rotatable bonds is 1. The van der Waals surface area contributed by atoms with Gasteiger partial charge >= 0.3 is 17.9 Å². The van der Waals surface area contributed by atoms with Crippen molar-refractivity contribution in [2.75, 3.05) is 0 Å². The third-order valence-corrected chi connectivity index (χ3v) is 0.583. The Bertz CT molecular complexity index is 202. The summed E-state index contributed by atoms with van der Waals surface area (Å²) in [5.41, 5.74) is 3.72. The van der Waals surface area contributed by atoms with Crippen LogP contribution >= 0.6 is 0 Å². The first-order valence-corrected chi connectivity index (χ1v) is 1.94. The Labute approximate surface area is 52.5 Å². The minimum absolute atomic E-state index is 1.80. The van der Waals surface area contributed by atoms with Gasteiger partial charge in [-0.3, -0.25) is 0 Å². The van der Waals surface area contributed by atoms with E-state index in [1.807, 2.05) is 0 Å². The highest BCUT2D eigenvalue weighted by Crippen LogP contribution is 2.15. The summed E-state index contributed by atoms with van der Waals surface area (Å²) in [6.45, 7) is 0. The Kier molecular flexibility index (Phi) is 2.15. The highest BCUT2D eigenvalue weighted by atomic mass is 19.4. The van der Waals surface area contributed by atoms with Crippen molar-refractivity contribution < 1.29 is 27.9 Å². The van der Waals surface area contributed by atoms with Gasteiger partial charge in [-0.15, -0.1) is 0 Å². The number of carboxylic acid groups (broad SMARTS) is 1. The average molecular weight is 155 g/mol. The van der Waals surface area contributed by atoms with Crippen LogP contribution in [0.25, 0.3) is 0 Å². The molecule has 0 rings (SSSR count). The van der Waals surface area contributed by atoms with E-state index < -0.39 is 17.9 Å². The van der Waals surface area contributed by atoms with E-state index >= 15 is 0 Å². The molecule has 0 aliphatic heterocycles. The number of aliphatic carboxylic acids is 1. The predicted octanol–water partition coefficient (Wildman–Crippen LogP) is 0.313. The van der Waals surface area contributed by atoms with Crippen molar-refractivity contribution in [2.45, 2.75) is 6.18 Å². The van der Waals surface area contributed by atoms with Gasteiger partial charge in [-0.25, -0.2) is 4.79 Å². The van der Waals surface area contributed by atoms with Gasteiger partial charge in [0, 0.05) is 0 Å². The first-order valence-electron chi connectivity index (χ1n) is 1.94. The molecule has 0 aromatic carbocycles. The zero-order valence-electron chi connectivity index (χ0n) is 4.44. The number of hydrogen-bond donors (Lipinski definition) is 2. The van der Waals surface area contributed by atoms with Crippen molar-refractivity contribution in [3.8, 4) is 0 Å². The van der Waals surface area contributed by atoms with Crippen LogP contribution in [0.1, 0.15) is 0 Å². The molecule has 0 spiro atoms. The molecule has 10 heavy (non-hydrogen) atoms. The van der Waals surface area contributed by atoms with E-state index in [0.29, 0.717) is 0 Å². The lowest BCUT2D eigenvalue weighted by Gasteiger charge is -1.91. The largest absolute Gasteiger partial charge is 0.527 e. The normalized spacial score (nSPS) is 10.3. The van der Waals surface area contributed by atoms with E-state index in [9.17, 15) is 18.0 Å². The van der Waals surface area contributed by atoms with Crippen LogP contribution in [0.4, 0.5) is 13.2 Å². The SMILES string of the molecule is N=[N+]=C(C(=O)O)C(F)(F)F. The molecule has 0 aromatic rings. The minimum atomic E-state index is -5.05. The smallest absolute Gasteiger partial charge is 0.472 e. The maximum absolute atomic E-state index is 11.3. The molecule has 0 aromatic heterocycles. The molecular weight excluding hydrogens is 153 g/mol. The number of nitrogens with zero attached hydrogens (tertiary/aromatic N) is 1. The fourth-order valence-electron chi connectivity index (χ4n) is 0.232. The average Bonchev–Trinajstić information content (AvgIpc) is 1.60. The summed E-state index contributed by atoms with van der Waals surface area (Å²) in [6.07, 6.45) is -5.05. The number of carboxylic acids is 1. The highest BCUT2D eigenvalue weighted by Gasteiger charge is 2.52. The Hall–Kier alpha value is -1.36. The second-order valence-electron chi connectivity index (χ2n) is 1.26. The second-order valence-corrected chi connectivity index (χ2v) is 1.26. The van der Waals surface area contributed by atoms with E-state index in [0.717, 1.165) is 0 Å². The summed E-state index contributed by atoms with van der Waals surface area (Å²) in [6, 6.07) is 0. The Morgan fingerprint density at radius 1 is 1.50 bits per heavy atom. The molecule has 4 nitrogen and oxygen atoms in total. The fraction of sp³-hybridized carbons (Fsp3) is 0.333. The van der Waals surface area contributed by atoms with Gasteiger partial charge in [0.1, 0.15) is 0 Å². The Balaban J connectivity index is 4.74. The van der Waals surface area contributed by atoms with Crippen LogP contribution in [0.3, 0.4) is 0 Å². The topological polar surface area (TPSA) is 75.2 Å². The predicted molar refractivity (Wildman–Crippen MR) is 21.7 cm³/mol. The molecule has 7 heteroatoms. The molecule has 0 aliphatic carbocycles. The highest BCUT2D eigenvalue weighted by molar-refractivity contribution is 6.35. The van der Waals surface area contributed by atoms with Crippen LogP contribution in [-0.2, 0) is 4.79 Å². The van der Waals surface area contributed by atoms with Crippen LogP contribution < -0.4 is 0 Å². The molecule has 0 amide bonds. The zero-order valence-corrected chi connectivity index (χ0v) is 4.44. The van der Waals surface area contributed by atoms with E-state index in [4.69, 9.17) is 10.6 Å². The summed E-state index contributed by atoms with van der Waals surface area (Å²) in [5, 5.41) is 7.74. The molecule has 0 atom stereocenters. The molecule has 56 valence electrons. The summed E-state index contributed by atoms with van der Waals surface area (Å²) in [5.74, 6) is -2.25. The van der Waals surface area contributed by atoms with Crippen LogP contribution in [-0.4, -0.2) is 27.8 Å². The Morgan fingerprint density at radius 3 is 1.90 bits per heavy atom. The molecule has 0 bridgehead atoms. The van der Waals surface area contributed by atoms with Gasteiger partial charge in [-0.05, 0) is 0 Å². The maximum Gasteiger partial charge on any atom is 0.527 e. The van der Waals surface area contributed by atoms with E-state index in [1.165, 1.54) is 0 Å². The van der Waals surface area contributed by atoms with E-state index in [1.54, 1.807) is 4.79 Å². The molecule has 0 fully saturated rings. The monoisotopic (exact) mass is 155 g/mol. The summed E-state index contributed by atoms with van der Waals surface area (Å²) < 4.78 is 34.0. The van der Waals surface area contributed by atoms with E-state index in [-0.39, 0.29) is 0 Å². The number of halogens is 3. The van der Waals surface area contributed by atoms with Gasteiger partial charge in [0.2, 0.25) is 0 Å². The molecule has 0 aliphatic rings. The van der Waals surface area contributed by atoms with Crippen molar-refractivity contribution >= 4 is 11.7 Å². The number of carbonyl (C=O) groups is 1. The van der Waals surface area contributed by atoms with Gasteiger partial charge in [0.25, 0.3) is 0 Å². The minimum Gasteiger partial charge on any atom is -0.472 e. The van der Waals surface area contributed by atoms with E-state index in [2.05, 4.69) is 0 Å². The van der Waals surface area contributed by atoms with Crippen molar-refractivity contribution in [2.24, 2.45) is 0 Å². The lowest BCUT2D eigenvalue weighted by molar-refractivity contribution is -0.179. The second kappa shape index (κ2) is 2.49. The maximum atomic E-state index is 11.3. The summed E-state index contributed by atoms with van der Waals surface area (Å²) in [7, 11) is 0. The summed E-state index contributed by atoms with van der Waals surface area (Å²) in [4.78, 5) is 11.4.